The summed E-state index contributed by atoms with van der Waals surface area (Å²) < 4.78 is 22.4. The summed E-state index contributed by atoms with van der Waals surface area (Å²) in [4.78, 5) is 65.5. The van der Waals surface area contributed by atoms with Gasteiger partial charge in [-0.3, -0.25) is 24.0 Å². The first-order valence-corrected chi connectivity index (χ1v) is 16.4. The molecular formula is C35H42N2O13. The molecule has 0 aromatic heterocycles. The summed E-state index contributed by atoms with van der Waals surface area (Å²) in [5, 5.41) is 48.1. The minimum Gasteiger partial charge on any atom is -0.507 e. The van der Waals surface area contributed by atoms with Crippen LogP contribution < -0.4 is 15.8 Å². The molecule has 1 aliphatic heterocycles. The highest BCUT2D eigenvalue weighted by atomic mass is 16.7. The summed E-state index contributed by atoms with van der Waals surface area (Å²) in [6.45, 7) is 4.29. The van der Waals surface area contributed by atoms with Gasteiger partial charge in [0.15, 0.2) is 18.7 Å². The van der Waals surface area contributed by atoms with Gasteiger partial charge in [0.1, 0.15) is 22.8 Å². The first kappa shape index (κ1) is 36.9. The highest BCUT2D eigenvalue weighted by molar-refractivity contribution is 6.31. The number of carbonyl (C=O) groups is 5. The van der Waals surface area contributed by atoms with Gasteiger partial charge in [0.05, 0.1) is 42.1 Å². The van der Waals surface area contributed by atoms with Crippen LogP contribution in [0, 0.1) is 0 Å². The molecule has 1 heterocycles. The Morgan fingerprint density at radius 3 is 2.44 bits per heavy atom. The largest absolute Gasteiger partial charge is 0.507 e. The predicted octanol–water partition coefficient (Wildman–Crippen LogP) is 1.25. The van der Waals surface area contributed by atoms with Crippen molar-refractivity contribution in [1.29, 1.82) is 0 Å². The Kier molecular flexibility index (Phi) is 10.6. The van der Waals surface area contributed by atoms with E-state index in [4.69, 9.17) is 24.7 Å². The molecule has 0 radical (unpaired) electrons. The predicted molar refractivity (Wildman–Crippen MR) is 173 cm³/mol. The van der Waals surface area contributed by atoms with E-state index in [1.165, 1.54) is 25.3 Å². The molecule has 0 unspecified atom stereocenters. The Labute approximate surface area is 287 Å². The highest BCUT2D eigenvalue weighted by Gasteiger charge is 2.50. The van der Waals surface area contributed by atoms with Crippen molar-refractivity contribution in [2.45, 2.75) is 102 Å². The number of aliphatic hydroxyl groups excluding tert-OH is 1. The first-order chi connectivity index (χ1) is 23.6. The lowest BCUT2D eigenvalue weighted by atomic mass is 9.72. The van der Waals surface area contributed by atoms with Gasteiger partial charge in [-0.25, -0.2) is 0 Å². The second-order valence-electron chi connectivity index (χ2n) is 13.2. The molecule has 50 heavy (non-hydrogen) atoms. The van der Waals surface area contributed by atoms with Gasteiger partial charge in [0.25, 0.3) is 0 Å². The lowest BCUT2D eigenvalue weighted by molar-refractivity contribution is -0.247. The molecule has 1 amide bonds. The van der Waals surface area contributed by atoms with E-state index in [0.717, 1.165) is 0 Å². The highest BCUT2D eigenvalue weighted by Crippen LogP contribution is 2.52. The van der Waals surface area contributed by atoms with Crippen molar-refractivity contribution in [1.82, 2.24) is 5.32 Å². The van der Waals surface area contributed by atoms with Gasteiger partial charge in [0.2, 0.25) is 17.5 Å². The zero-order valence-electron chi connectivity index (χ0n) is 28.2. The van der Waals surface area contributed by atoms with E-state index in [2.05, 4.69) is 5.32 Å². The molecule has 2 aromatic rings. The molecule has 0 saturated carbocycles. The number of hydrogen-bond acceptors (Lipinski definition) is 14. The second kappa shape index (κ2) is 14.4. The van der Waals surface area contributed by atoms with E-state index >= 15 is 0 Å². The van der Waals surface area contributed by atoms with E-state index < -0.39 is 102 Å². The molecule has 3 aliphatic rings. The van der Waals surface area contributed by atoms with Gasteiger partial charge in [0, 0.05) is 60.9 Å². The van der Waals surface area contributed by atoms with Crippen LogP contribution in [0.2, 0.25) is 0 Å². The van der Waals surface area contributed by atoms with Crippen LogP contribution in [0.25, 0.3) is 0 Å². The Hall–Kier alpha value is -4.41. The van der Waals surface area contributed by atoms with Crippen molar-refractivity contribution in [2.75, 3.05) is 13.7 Å². The Bertz CT molecular complexity index is 1710. The third-order valence-electron chi connectivity index (χ3n) is 9.26. The zero-order valence-corrected chi connectivity index (χ0v) is 28.2. The number of nitrogens with one attached hydrogen (secondary N) is 1. The first-order valence-electron chi connectivity index (χ1n) is 16.4. The molecule has 0 spiro atoms. The van der Waals surface area contributed by atoms with E-state index in [9.17, 15) is 44.4 Å². The molecule has 15 heteroatoms. The fourth-order valence-corrected chi connectivity index (χ4v) is 6.74. The maximum atomic E-state index is 13.9. The molecule has 15 nitrogen and oxygen atoms in total. The van der Waals surface area contributed by atoms with Gasteiger partial charge in [-0.2, -0.15) is 0 Å². The molecule has 1 fully saturated rings. The van der Waals surface area contributed by atoms with Gasteiger partial charge < -0.3 is 50.4 Å². The summed E-state index contributed by atoms with van der Waals surface area (Å²) in [6.07, 6.45) is -5.52. The number of nitrogens with two attached hydrogens (primary N) is 1. The maximum absolute atomic E-state index is 13.9. The van der Waals surface area contributed by atoms with Crippen molar-refractivity contribution < 1.29 is 63.3 Å². The SMILES string of the molecule is COc1cccc2c1C(=O)c1c(O)c3c(c(O)c1C2=O)C[C@@](O)(C(=O)COC(=O)CCCC(=O)NC(C)C)C[C@@H]3O[C@H]1C[C@H](N)[C@H](O)[C@H](C)O1. The van der Waals surface area contributed by atoms with Gasteiger partial charge in [-0.05, 0) is 33.3 Å². The number of fused-ring (bicyclic) bond motifs is 3. The molecule has 7 N–H and O–H groups in total. The van der Waals surface area contributed by atoms with Crippen molar-refractivity contribution in [2.24, 2.45) is 5.73 Å². The number of benzene rings is 2. The molecule has 6 atom stereocenters. The molecule has 1 saturated heterocycles. The second-order valence-corrected chi connectivity index (χ2v) is 13.2. The number of phenols is 2. The van der Waals surface area contributed by atoms with Crippen LogP contribution in [0.1, 0.15) is 102 Å². The minimum atomic E-state index is -2.36. The maximum Gasteiger partial charge on any atom is 0.306 e. The quantitative estimate of drug-likeness (QED) is 0.122. The van der Waals surface area contributed by atoms with E-state index in [-0.39, 0.29) is 65.6 Å². The van der Waals surface area contributed by atoms with Crippen molar-refractivity contribution in [3.63, 3.8) is 0 Å². The average molecular weight is 699 g/mol. The molecule has 2 aromatic carbocycles. The number of phenolic OH excluding ortho intramolecular Hbond substituents is 2. The summed E-state index contributed by atoms with van der Waals surface area (Å²) in [5.41, 5.74) is 2.09. The number of amides is 1. The van der Waals surface area contributed by atoms with Gasteiger partial charge in [-0.15, -0.1) is 0 Å². The number of hydrogen-bond donors (Lipinski definition) is 6. The lowest BCUT2D eigenvalue weighted by Gasteiger charge is -2.42. The van der Waals surface area contributed by atoms with Crippen LogP contribution in [-0.2, 0) is 35.0 Å². The third-order valence-corrected chi connectivity index (χ3v) is 9.26. The Balaban J connectivity index is 1.48. The lowest BCUT2D eigenvalue weighted by Crippen LogP contribution is -2.53. The van der Waals surface area contributed by atoms with Gasteiger partial charge >= 0.3 is 5.97 Å². The van der Waals surface area contributed by atoms with Crippen molar-refractivity contribution in [3.05, 3.63) is 51.6 Å². The van der Waals surface area contributed by atoms with Crippen LogP contribution in [-0.4, -0.2) is 99.6 Å². The van der Waals surface area contributed by atoms with Crippen LogP contribution in [0.3, 0.4) is 0 Å². The number of rotatable bonds is 11. The molecule has 5 rings (SSSR count). The van der Waals surface area contributed by atoms with Crippen molar-refractivity contribution >= 4 is 29.2 Å². The fourth-order valence-electron chi connectivity index (χ4n) is 6.74. The molecular weight excluding hydrogens is 656 g/mol. The number of aromatic hydroxyl groups is 2. The van der Waals surface area contributed by atoms with Crippen LogP contribution >= 0.6 is 0 Å². The number of aliphatic hydroxyl groups is 2. The summed E-state index contributed by atoms with van der Waals surface area (Å²) in [6, 6.07) is 3.48. The number of ketones is 3. The monoisotopic (exact) mass is 698 g/mol. The topological polar surface area (TPSA) is 241 Å². The van der Waals surface area contributed by atoms with Crippen molar-refractivity contribution in [3.8, 4) is 17.2 Å². The standard InChI is InChI=1S/C35H42N2O13/c1-15(2)37-23(39)9-6-10-24(40)48-14-22(38)35(46)12-18-27(21(13-35)50-25-11-19(36)30(41)16(3)49-25)34(45)29-28(32(18)43)31(42)17-7-5-8-20(47-4)26(17)33(29)44/h5,7-8,15-16,19,21,25,30,41,43,45-46H,6,9-14,36H2,1-4H3,(H,37,39)/t16-,19-,21-,25-,30+,35-/m0/s1. The average Bonchev–Trinajstić information content (AvgIpc) is 3.05. The number of esters is 1. The van der Waals surface area contributed by atoms with Crippen LogP contribution in [0.5, 0.6) is 17.2 Å². The molecule has 2 aliphatic carbocycles. The number of carbonyl (C=O) groups excluding carboxylic acids is 5. The number of methoxy groups -OCH3 is 1. The van der Waals surface area contributed by atoms with E-state index in [1.54, 1.807) is 20.8 Å². The number of Topliss-reactive ketones (excluding diaryl/α,β-unsaturated/α-hetero) is 1. The Morgan fingerprint density at radius 1 is 1.08 bits per heavy atom. The summed E-state index contributed by atoms with van der Waals surface area (Å²) in [7, 11) is 1.31. The third kappa shape index (κ3) is 6.96. The summed E-state index contributed by atoms with van der Waals surface area (Å²) in [5.74, 6) is -4.99. The summed E-state index contributed by atoms with van der Waals surface area (Å²) >= 11 is 0. The van der Waals surface area contributed by atoms with Gasteiger partial charge in [-0.1, -0.05) is 12.1 Å². The van der Waals surface area contributed by atoms with Crippen LogP contribution in [0.4, 0.5) is 0 Å². The van der Waals surface area contributed by atoms with E-state index in [1.807, 2.05) is 0 Å². The zero-order chi connectivity index (χ0) is 36.7. The molecule has 270 valence electrons. The smallest absolute Gasteiger partial charge is 0.306 e. The normalized spacial score (nSPS) is 25.7. The van der Waals surface area contributed by atoms with E-state index in [0.29, 0.717) is 0 Å². The fraction of sp³-hybridized carbons (Fsp3) is 0.514. The Morgan fingerprint density at radius 2 is 1.78 bits per heavy atom. The number of ether oxygens (including phenoxy) is 4. The molecule has 0 bridgehead atoms. The minimum absolute atomic E-state index is 0.0316. The van der Waals surface area contributed by atoms with Crippen LogP contribution in [0.15, 0.2) is 18.2 Å².